The van der Waals surface area contributed by atoms with Crippen molar-refractivity contribution in [2.45, 2.75) is 26.7 Å². The highest BCUT2D eigenvalue weighted by Crippen LogP contribution is 2.13. The highest BCUT2D eigenvalue weighted by molar-refractivity contribution is 5.18. The first kappa shape index (κ1) is 8.77. The summed E-state index contributed by atoms with van der Waals surface area (Å²) in [5.74, 6) is 0.365. The third-order valence-electron chi connectivity index (χ3n) is 1.79. The Balaban J connectivity index is 3.33. The minimum Gasteiger partial charge on any atom is -0.371 e. The van der Waals surface area contributed by atoms with Crippen LogP contribution in [-0.4, -0.2) is 10.2 Å². The molecule has 0 bridgehead atoms. The van der Waals surface area contributed by atoms with Crippen molar-refractivity contribution >= 4 is 5.95 Å². The summed E-state index contributed by atoms with van der Waals surface area (Å²) in [6.45, 7) is 5.89. The number of hydrogen-bond donors (Lipinski definition) is 2. The summed E-state index contributed by atoms with van der Waals surface area (Å²) in [7, 11) is 0. The third kappa shape index (κ3) is 1.32. The Kier molecular flexibility index (Phi) is 2.17. The molecule has 4 heteroatoms. The van der Waals surface area contributed by atoms with Crippen molar-refractivity contribution in [3.8, 4) is 0 Å². The van der Waals surface area contributed by atoms with E-state index in [0.29, 0.717) is 0 Å². The van der Waals surface area contributed by atoms with E-state index in [9.17, 15) is 5.21 Å². The van der Waals surface area contributed by atoms with Crippen molar-refractivity contribution < 1.29 is 9.94 Å². The van der Waals surface area contributed by atoms with Crippen LogP contribution in [0.3, 0.4) is 0 Å². The van der Waals surface area contributed by atoms with Gasteiger partial charge in [0.15, 0.2) is 0 Å². The van der Waals surface area contributed by atoms with E-state index in [2.05, 4.69) is 4.98 Å². The Hall–Kier alpha value is -1.32. The first-order valence-corrected chi connectivity index (χ1v) is 3.90. The van der Waals surface area contributed by atoms with Gasteiger partial charge in [-0.25, -0.2) is 0 Å². The fourth-order valence-corrected chi connectivity index (χ4v) is 1.27. The molecule has 0 radical (unpaired) electrons. The van der Waals surface area contributed by atoms with E-state index in [1.54, 1.807) is 6.20 Å². The summed E-state index contributed by atoms with van der Waals surface area (Å²) in [4.78, 5) is 3.81. The minimum absolute atomic E-state index is 0.129. The molecule has 0 aliphatic carbocycles. The second-order valence-corrected chi connectivity index (χ2v) is 3.15. The van der Waals surface area contributed by atoms with Crippen LogP contribution in [0, 0.1) is 6.92 Å². The molecule has 66 valence electrons. The lowest BCUT2D eigenvalue weighted by Gasteiger charge is -2.07. The van der Waals surface area contributed by atoms with Gasteiger partial charge in [-0.15, -0.1) is 0 Å². The maximum Gasteiger partial charge on any atom is 0.426 e. The predicted octanol–water partition coefficient (Wildman–Crippen LogP) is 0.620. The number of anilines is 1. The van der Waals surface area contributed by atoms with Gasteiger partial charge in [-0.2, -0.15) is 0 Å². The van der Waals surface area contributed by atoms with E-state index in [1.165, 1.54) is 0 Å². The summed E-state index contributed by atoms with van der Waals surface area (Å²) in [6.07, 6.45) is 1.66. The van der Waals surface area contributed by atoms with Crippen LogP contribution in [-0.2, 0) is 0 Å². The second kappa shape index (κ2) is 2.97. The average molecular weight is 168 g/mol. The molecule has 0 spiro atoms. The number of nitrogen functional groups attached to an aromatic ring is 1. The van der Waals surface area contributed by atoms with E-state index in [-0.39, 0.29) is 11.9 Å². The molecule has 0 saturated carbocycles. The molecule has 1 aromatic heterocycles. The van der Waals surface area contributed by atoms with Crippen LogP contribution in [0.25, 0.3) is 0 Å². The quantitative estimate of drug-likeness (QED) is 0.477. The normalized spacial score (nSPS) is 10.7. The topological polar surface area (TPSA) is 63.0 Å². The van der Waals surface area contributed by atoms with Crippen LogP contribution in [0.15, 0.2) is 6.20 Å². The highest BCUT2D eigenvalue weighted by Gasteiger charge is 2.17. The minimum atomic E-state index is 0.129. The molecule has 0 fully saturated rings. The van der Waals surface area contributed by atoms with Crippen LogP contribution in [0.1, 0.15) is 31.0 Å². The Morgan fingerprint density at radius 2 is 2.17 bits per heavy atom. The van der Waals surface area contributed by atoms with E-state index >= 15 is 0 Å². The lowest BCUT2D eigenvalue weighted by Crippen LogP contribution is -2.41. The Bertz CT molecular complexity index is 297. The number of aromatic nitrogens is 2. The van der Waals surface area contributed by atoms with Crippen LogP contribution >= 0.6 is 0 Å². The number of nitrogens with zero attached hydrogens (tertiary/aromatic N) is 2. The van der Waals surface area contributed by atoms with Crippen molar-refractivity contribution in [3.63, 3.8) is 0 Å². The van der Waals surface area contributed by atoms with Gasteiger partial charge in [0.2, 0.25) is 0 Å². The molecule has 1 heterocycles. The first-order chi connectivity index (χ1) is 5.54. The summed E-state index contributed by atoms with van der Waals surface area (Å²) in [6, 6.07) is 0. The number of rotatable bonds is 1. The first-order valence-electron chi connectivity index (χ1n) is 3.90. The molecule has 12 heavy (non-hydrogen) atoms. The number of aryl methyl sites for hydroxylation is 1. The van der Waals surface area contributed by atoms with Gasteiger partial charge in [0, 0.05) is 11.5 Å². The van der Waals surface area contributed by atoms with E-state index in [4.69, 9.17) is 5.73 Å². The smallest absolute Gasteiger partial charge is 0.371 e. The summed E-state index contributed by atoms with van der Waals surface area (Å²) < 4.78 is 0.944. The molecule has 0 aliphatic rings. The zero-order valence-corrected chi connectivity index (χ0v) is 7.57. The van der Waals surface area contributed by atoms with Gasteiger partial charge in [0.25, 0.3) is 0 Å². The SMILES string of the molecule is Cc1cnc(N)[n+](O)c1C(C)C. The zero-order valence-electron chi connectivity index (χ0n) is 7.57. The Morgan fingerprint density at radius 3 is 2.58 bits per heavy atom. The second-order valence-electron chi connectivity index (χ2n) is 3.15. The lowest BCUT2D eigenvalue weighted by atomic mass is 10.1. The van der Waals surface area contributed by atoms with Crippen LogP contribution in [0.5, 0.6) is 0 Å². The highest BCUT2D eigenvalue weighted by atomic mass is 16.5. The molecule has 0 amide bonds. The molecule has 4 nitrogen and oxygen atoms in total. The van der Waals surface area contributed by atoms with Gasteiger partial charge >= 0.3 is 5.95 Å². The molecule has 3 N–H and O–H groups in total. The van der Waals surface area contributed by atoms with Crippen molar-refractivity contribution in [2.75, 3.05) is 5.73 Å². The zero-order chi connectivity index (χ0) is 9.30. The van der Waals surface area contributed by atoms with Crippen LogP contribution < -0.4 is 10.5 Å². The Morgan fingerprint density at radius 1 is 1.58 bits per heavy atom. The van der Waals surface area contributed by atoms with Crippen LogP contribution in [0.4, 0.5) is 5.95 Å². The number of nitrogens with two attached hydrogens (primary N) is 1. The molecule has 1 aromatic rings. The molecule has 0 atom stereocenters. The molecule has 0 aliphatic heterocycles. The fraction of sp³-hybridized carbons (Fsp3) is 0.500. The van der Waals surface area contributed by atoms with Crippen molar-refractivity contribution in [1.29, 1.82) is 0 Å². The fourth-order valence-electron chi connectivity index (χ4n) is 1.27. The predicted molar refractivity (Wildman–Crippen MR) is 44.9 cm³/mol. The molecule has 0 unspecified atom stereocenters. The summed E-state index contributed by atoms with van der Waals surface area (Å²) in [5.41, 5.74) is 7.18. The maximum atomic E-state index is 9.48. The molecule has 1 rings (SSSR count). The number of hydrogen-bond acceptors (Lipinski definition) is 3. The molecular formula is C8H14N3O+. The van der Waals surface area contributed by atoms with Gasteiger partial charge in [-0.3, -0.25) is 5.73 Å². The van der Waals surface area contributed by atoms with Gasteiger partial charge in [0.05, 0.1) is 0 Å². The van der Waals surface area contributed by atoms with Crippen LogP contribution in [0.2, 0.25) is 0 Å². The lowest BCUT2D eigenvalue weighted by molar-refractivity contribution is -0.900. The third-order valence-corrected chi connectivity index (χ3v) is 1.79. The van der Waals surface area contributed by atoms with Crippen molar-refractivity contribution in [2.24, 2.45) is 0 Å². The van der Waals surface area contributed by atoms with E-state index in [0.717, 1.165) is 16.0 Å². The van der Waals surface area contributed by atoms with Gasteiger partial charge < -0.3 is 5.21 Å². The van der Waals surface area contributed by atoms with Crippen molar-refractivity contribution in [1.82, 2.24) is 4.98 Å². The summed E-state index contributed by atoms with van der Waals surface area (Å²) in [5, 5.41) is 9.48. The van der Waals surface area contributed by atoms with E-state index < -0.39 is 0 Å². The van der Waals surface area contributed by atoms with Crippen molar-refractivity contribution in [3.05, 3.63) is 17.5 Å². The monoisotopic (exact) mass is 168 g/mol. The largest absolute Gasteiger partial charge is 0.426 e. The summed E-state index contributed by atoms with van der Waals surface area (Å²) >= 11 is 0. The maximum absolute atomic E-state index is 9.48. The standard InChI is InChI=1S/C8H13N3O/c1-5(2)7-6(3)4-10-8(9)11(7)12/h4-5,9,12H,1-3H3/p+1. The van der Waals surface area contributed by atoms with Gasteiger partial charge in [-0.05, 0) is 6.92 Å². The van der Waals surface area contributed by atoms with E-state index in [1.807, 2.05) is 20.8 Å². The molecule has 0 saturated heterocycles. The average Bonchev–Trinajstić information content (AvgIpc) is 1.97. The van der Waals surface area contributed by atoms with Gasteiger partial charge in [0.1, 0.15) is 11.9 Å². The molecular weight excluding hydrogens is 154 g/mol. The Labute approximate surface area is 71.6 Å². The van der Waals surface area contributed by atoms with Gasteiger partial charge in [-0.1, -0.05) is 23.6 Å². The molecule has 0 aromatic carbocycles.